The highest BCUT2D eigenvalue weighted by atomic mass is 35.5. The summed E-state index contributed by atoms with van der Waals surface area (Å²) < 4.78 is 2.25. The smallest absolute Gasteiger partial charge is 0.337 e. The van der Waals surface area contributed by atoms with Crippen molar-refractivity contribution in [1.29, 1.82) is 0 Å². The number of carbonyl (C=O) groups is 1. The van der Waals surface area contributed by atoms with E-state index in [2.05, 4.69) is 36.7 Å². The molecule has 0 unspecified atom stereocenters. The van der Waals surface area contributed by atoms with Crippen LogP contribution in [0.3, 0.4) is 0 Å². The first-order valence-corrected chi connectivity index (χ1v) is 7.24. The first kappa shape index (κ1) is 15.4. The van der Waals surface area contributed by atoms with Gasteiger partial charge < -0.3 is 15.0 Å². The Hall–Kier alpha value is -1.94. The second-order valence-corrected chi connectivity index (χ2v) is 5.40. The second-order valence-electron chi connectivity index (χ2n) is 4.99. The molecule has 4 nitrogen and oxygen atoms in total. The lowest BCUT2D eigenvalue weighted by Crippen LogP contribution is -2.04. The number of benzene rings is 1. The highest BCUT2D eigenvalue weighted by molar-refractivity contribution is 6.33. The molecule has 0 saturated carbocycles. The summed E-state index contributed by atoms with van der Waals surface area (Å²) in [4.78, 5) is 11.1. The number of nitrogens with one attached hydrogen (secondary N) is 1. The molecule has 21 heavy (non-hydrogen) atoms. The average molecular weight is 307 g/mol. The lowest BCUT2D eigenvalue weighted by Gasteiger charge is -2.09. The van der Waals surface area contributed by atoms with Crippen LogP contribution in [-0.4, -0.2) is 15.6 Å². The van der Waals surface area contributed by atoms with Gasteiger partial charge >= 0.3 is 5.97 Å². The molecular weight excluding hydrogens is 288 g/mol. The molecule has 0 atom stereocenters. The molecule has 0 aliphatic rings. The molecular formula is C16H19ClN2O2. The Morgan fingerprint density at radius 2 is 2.05 bits per heavy atom. The number of hydrogen-bond acceptors (Lipinski definition) is 2. The number of aromatic nitrogens is 1. The van der Waals surface area contributed by atoms with E-state index in [1.807, 2.05) is 0 Å². The van der Waals surface area contributed by atoms with Crippen LogP contribution >= 0.6 is 11.6 Å². The van der Waals surface area contributed by atoms with Crippen LogP contribution in [0.1, 0.15) is 34.2 Å². The Kier molecular flexibility index (Phi) is 4.58. The van der Waals surface area contributed by atoms with Gasteiger partial charge in [-0.15, -0.1) is 0 Å². The van der Waals surface area contributed by atoms with Crippen LogP contribution in [0.5, 0.6) is 0 Å². The lowest BCUT2D eigenvalue weighted by molar-refractivity contribution is 0.0697. The minimum absolute atomic E-state index is 0.112. The van der Waals surface area contributed by atoms with Crippen molar-refractivity contribution in [2.45, 2.75) is 33.9 Å². The van der Waals surface area contributed by atoms with E-state index >= 15 is 0 Å². The first-order chi connectivity index (χ1) is 9.93. The van der Waals surface area contributed by atoms with E-state index in [9.17, 15) is 4.79 Å². The second kappa shape index (κ2) is 6.22. The predicted octanol–water partition coefficient (Wildman–Crippen LogP) is 4.09. The van der Waals surface area contributed by atoms with Crippen molar-refractivity contribution < 1.29 is 9.90 Å². The molecule has 1 heterocycles. The summed E-state index contributed by atoms with van der Waals surface area (Å²) in [6.07, 6.45) is 0. The molecule has 2 aromatic rings. The predicted molar refractivity (Wildman–Crippen MR) is 85.3 cm³/mol. The highest BCUT2D eigenvalue weighted by Gasteiger charge is 2.11. The maximum absolute atomic E-state index is 11.1. The van der Waals surface area contributed by atoms with Crippen molar-refractivity contribution in [2.75, 3.05) is 5.32 Å². The van der Waals surface area contributed by atoms with Crippen LogP contribution in [0.2, 0.25) is 5.02 Å². The maximum Gasteiger partial charge on any atom is 0.337 e. The Balaban J connectivity index is 2.17. The number of carboxylic acids is 1. The zero-order valence-corrected chi connectivity index (χ0v) is 13.2. The fourth-order valence-electron chi connectivity index (χ4n) is 2.53. The molecule has 0 amide bonds. The summed E-state index contributed by atoms with van der Waals surface area (Å²) in [5, 5.41) is 12.6. The first-order valence-electron chi connectivity index (χ1n) is 6.86. The van der Waals surface area contributed by atoms with E-state index in [0.717, 1.165) is 12.2 Å². The largest absolute Gasteiger partial charge is 0.478 e. The van der Waals surface area contributed by atoms with Crippen LogP contribution < -0.4 is 5.32 Å². The van der Waals surface area contributed by atoms with Gasteiger partial charge in [0.25, 0.3) is 0 Å². The van der Waals surface area contributed by atoms with Gasteiger partial charge in [-0.1, -0.05) is 11.6 Å². The zero-order chi connectivity index (χ0) is 15.6. The third-order valence-corrected chi connectivity index (χ3v) is 4.00. The summed E-state index contributed by atoms with van der Waals surface area (Å²) in [6, 6.07) is 7.10. The normalized spacial score (nSPS) is 10.7. The Bertz CT molecular complexity index is 677. The Labute approximate surface area is 129 Å². The number of halogens is 1. The molecule has 2 N–H and O–H groups in total. The third kappa shape index (κ3) is 3.22. The number of aromatic carboxylic acids is 1. The molecule has 0 fully saturated rings. The molecule has 0 radical (unpaired) electrons. The SMILES string of the molecule is CCn1c(C)cc(CNc2ccc(Cl)c(C(=O)O)c2)c1C. The van der Waals surface area contributed by atoms with Gasteiger partial charge in [-0.3, -0.25) is 0 Å². The molecule has 1 aromatic heterocycles. The number of carboxylic acid groups (broad SMARTS) is 1. The molecule has 1 aromatic carbocycles. The van der Waals surface area contributed by atoms with Crippen molar-refractivity contribution in [3.63, 3.8) is 0 Å². The van der Waals surface area contributed by atoms with Crippen molar-refractivity contribution >= 4 is 23.3 Å². The van der Waals surface area contributed by atoms with Gasteiger partial charge in [0.15, 0.2) is 0 Å². The van der Waals surface area contributed by atoms with Gasteiger partial charge in [0.1, 0.15) is 0 Å². The number of hydrogen-bond donors (Lipinski definition) is 2. The van der Waals surface area contributed by atoms with Crippen LogP contribution in [0.15, 0.2) is 24.3 Å². The van der Waals surface area contributed by atoms with Gasteiger partial charge in [0, 0.05) is 30.2 Å². The standard InChI is InChI=1S/C16H19ClN2O2/c1-4-19-10(2)7-12(11(19)3)9-18-13-5-6-15(17)14(8-13)16(20)21/h5-8,18H,4,9H2,1-3H3,(H,20,21). The van der Waals surface area contributed by atoms with Gasteiger partial charge in [-0.25, -0.2) is 4.79 Å². The van der Waals surface area contributed by atoms with E-state index in [1.165, 1.54) is 17.0 Å². The number of rotatable bonds is 5. The summed E-state index contributed by atoms with van der Waals surface area (Å²) >= 11 is 5.86. The quantitative estimate of drug-likeness (QED) is 0.875. The Morgan fingerprint density at radius 3 is 2.62 bits per heavy atom. The van der Waals surface area contributed by atoms with E-state index < -0.39 is 5.97 Å². The molecule has 0 spiro atoms. The van der Waals surface area contributed by atoms with Crippen LogP contribution in [0, 0.1) is 13.8 Å². The monoisotopic (exact) mass is 306 g/mol. The number of anilines is 1. The van der Waals surface area contributed by atoms with Crippen LogP contribution in [0.4, 0.5) is 5.69 Å². The minimum atomic E-state index is -1.02. The summed E-state index contributed by atoms with van der Waals surface area (Å²) in [7, 11) is 0. The number of aryl methyl sites for hydroxylation is 1. The molecule has 112 valence electrons. The third-order valence-electron chi connectivity index (χ3n) is 3.67. The van der Waals surface area contributed by atoms with Crippen LogP contribution in [0.25, 0.3) is 0 Å². The van der Waals surface area contributed by atoms with E-state index in [1.54, 1.807) is 18.2 Å². The van der Waals surface area contributed by atoms with Gasteiger partial charge in [-0.05, 0) is 50.6 Å². The van der Waals surface area contributed by atoms with E-state index in [0.29, 0.717) is 6.54 Å². The fraction of sp³-hybridized carbons (Fsp3) is 0.312. The average Bonchev–Trinajstić information content (AvgIpc) is 2.71. The number of nitrogens with zero attached hydrogens (tertiary/aromatic N) is 1. The summed E-state index contributed by atoms with van der Waals surface area (Å²) in [5.41, 5.74) is 4.53. The highest BCUT2D eigenvalue weighted by Crippen LogP contribution is 2.22. The van der Waals surface area contributed by atoms with E-state index in [4.69, 9.17) is 16.7 Å². The molecule has 0 bridgehead atoms. The zero-order valence-electron chi connectivity index (χ0n) is 12.4. The molecule has 0 aliphatic heterocycles. The minimum Gasteiger partial charge on any atom is -0.478 e. The topological polar surface area (TPSA) is 54.3 Å². The molecule has 2 rings (SSSR count). The van der Waals surface area contributed by atoms with Gasteiger partial charge in [0.2, 0.25) is 0 Å². The van der Waals surface area contributed by atoms with Gasteiger partial charge in [-0.2, -0.15) is 0 Å². The summed E-state index contributed by atoms with van der Waals surface area (Å²) in [6.45, 7) is 7.90. The van der Waals surface area contributed by atoms with E-state index in [-0.39, 0.29) is 10.6 Å². The van der Waals surface area contributed by atoms with Crippen molar-refractivity contribution in [3.8, 4) is 0 Å². The molecule has 5 heteroatoms. The summed E-state index contributed by atoms with van der Waals surface area (Å²) in [5.74, 6) is -1.02. The fourth-order valence-corrected chi connectivity index (χ4v) is 2.73. The molecule has 0 saturated heterocycles. The van der Waals surface area contributed by atoms with Crippen LogP contribution in [-0.2, 0) is 13.1 Å². The lowest BCUT2D eigenvalue weighted by atomic mass is 10.2. The Morgan fingerprint density at radius 1 is 1.33 bits per heavy atom. The maximum atomic E-state index is 11.1. The van der Waals surface area contributed by atoms with Crippen molar-refractivity contribution in [1.82, 2.24) is 4.57 Å². The van der Waals surface area contributed by atoms with Crippen molar-refractivity contribution in [3.05, 3.63) is 51.8 Å². The van der Waals surface area contributed by atoms with Crippen molar-refractivity contribution in [2.24, 2.45) is 0 Å². The van der Waals surface area contributed by atoms with Gasteiger partial charge in [0.05, 0.1) is 10.6 Å². The molecule has 0 aliphatic carbocycles.